The molecular weight excluding hydrogens is 376 g/mol. The molecule has 3 rings (SSSR count). The molecule has 0 spiro atoms. The van der Waals surface area contributed by atoms with E-state index in [9.17, 15) is 4.79 Å². The van der Waals surface area contributed by atoms with Crippen molar-refractivity contribution in [2.45, 2.75) is 17.6 Å². The quantitative estimate of drug-likeness (QED) is 0.593. The molecule has 2 unspecified atom stereocenters. The molecule has 1 amide bonds. The first-order valence-electron chi connectivity index (χ1n) is 8.37. The number of benzene rings is 1. The lowest BCUT2D eigenvalue weighted by molar-refractivity contribution is -0.124. The first-order valence-corrected chi connectivity index (χ1v) is 10.6. The van der Waals surface area contributed by atoms with Crippen molar-refractivity contribution in [3.8, 4) is 18.1 Å². The van der Waals surface area contributed by atoms with E-state index in [4.69, 9.17) is 11.2 Å². The van der Waals surface area contributed by atoms with Crippen molar-refractivity contribution in [3.05, 3.63) is 59.2 Å². The van der Waals surface area contributed by atoms with Gasteiger partial charge in [0.1, 0.15) is 5.75 Å². The largest absolute Gasteiger partial charge is 0.470 e. The minimum atomic E-state index is -0.641. The Bertz CT molecular complexity index is 963. The van der Waals surface area contributed by atoms with Crippen LogP contribution in [0.15, 0.2) is 48.0 Å². The maximum absolute atomic E-state index is 12.5. The Balaban J connectivity index is 1.72. The minimum absolute atomic E-state index is 0.156. The predicted octanol–water partition coefficient (Wildman–Crippen LogP) is 3.89. The Morgan fingerprint density at radius 3 is 3.00 bits per heavy atom. The van der Waals surface area contributed by atoms with E-state index in [0.717, 1.165) is 22.0 Å². The molecule has 2 atom stereocenters. The van der Waals surface area contributed by atoms with Crippen molar-refractivity contribution in [1.82, 2.24) is 10.3 Å². The molecule has 0 bridgehead atoms. The van der Waals surface area contributed by atoms with Crippen LogP contribution >= 0.6 is 23.5 Å². The lowest BCUT2D eigenvalue weighted by Crippen LogP contribution is -2.39. The molecule has 0 aliphatic carbocycles. The number of rotatable bonds is 6. The number of ether oxygens (including phenoxy) is 1. The second kappa shape index (κ2) is 8.55. The zero-order chi connectivity index (χ0) is 19.4. The van der Waals surface area contributed by atoms with Crippen molar-refractivity contribution < 1.29 is 9.53 Å². The third-order valence-electron chi connectivity index (χ3n) is 4.19. The van der Waals surface area contributed by atoms with Crippen LogP contribution in [0.3, 0.4) is 0 Å². The fourth-order valence-electron chi connectivity index (χ4n) is 2.75. The number of thioether (sulfide) groups is 2. The Morgan fingerprint density at radius 2 is 2.33 bits per heavy atom. The molecule has 1 N–H and O–H groups in total. The highest BCUT2D eigenvalue weighted by atomic mass is 32.2. The first-order chi connectivity index (χ1) is 13.0. The Kier molecular flexibility index (Phi) is 6.15. The van der Waals surface area contributed by atoms with Gasteiger partial charge in [-0.05, 0) is 47.9 Å². The van der Waals surface area contributed by atoms with Gasteiger partial charge >= 0.3 is 0 Å². The van der Waals surface area contributed by atoms with Crippen LogP contribution in [0.1, 0.15) is 11.1 Å². The SMILES string of the molecule is C#Cc1cnc2c(C)cc(OC(SC)C(=O)NCC3SC=CC3=C)cc2c1. The number of aryl methyl sites for hydroxylation is 1. The van der Waals surface area contributed by atoms with E-state index >= 15 is 0 Å². The van der Waals surface area contributed by atoms with E-state index < -0.39 is 5.44 Å². The molecule has 0 saturated carbocycles. The summed E-state index contributed by atoms with van der Waals surface area (Å²) >= 11 is 3.01. The fourth-order valence-corrected chi connectivity index (χ4v) is 4.13. The molecule has 2 aromatic rings. The summed E-state index contributed by atoms with van der Waals surface area (Å²) in [6, 6.07) is 5.65. The van der Waals surface area contributed by atoms with Gasteiger partial charge in [-0.2, -0.15) is 0 Å². The van der Waals surface area contributed by atoms with Gasteiger partial charge < -0.3 is 10.1 Å². The third kappa shape index (κ3) is 4.49. The standard InChI is InChI=1S/C21H20N2O2S2/c1-5-15-9-16-10-17(8-14(3)19(16)22-11-15)25-21(26-4)20(24)23-12-18-13(2)6-7-27-18/h1,6-11,18,21H,2,12H2,3-4H3,(H,23,24). The molecule has 1 aliphatic heterocycles. The van der Waals surface area contributed by atoms with E-state index in [1.807, 2.05) is 42.9 Å². The van der Waals surface area contributed by atoms with Gasteiger partial charge in [-0.1, -0.05) is 18.6 Å². The summed E-state index contributed by atoms with van der Waals surface area (Å²) in [5, 5.41) is 6.03. The van der Waals surface area contributed by atoms with Gasteiger partial charge in [0.15, 0.2) is 0 Å². The van der Waals surface area contributed by atoms with E-state index in [2.05, 4.69) is 22.8 Å². The van der Waals surface area contributed by atoms with Crippen LogP contribution in [0.25, 0.3) is 10.9 Å². The highest BCUT2D eigenvalue weighted by Gasteiger charge is 2.22. The summed E-state index contributed by atoms with van der Waals surface area (Å²) in [4.78, 5) is 16.9. The number of nitrogens with one attached hydrogen (secondary N) is 1. The molecular formula is C21H20N2O2S2. The van der Waals surface area contributed by atoms with E-state index in [1.54, 1.807) is 18.0 Å². The average molecular weight is 397 g/mol. The Morgan fingerprint density at radius 1 is 1.52 bits per heavy atom. The molecule has 6 heteroatoms. The monoisotopic (exact) mass is 396 g/mol. The third-order valence-corrected chi connectivity index (χ3v) is 6.01. The summed E-state index contributed by atoms with van der Waals surface area (Å²) in [5.74, 6) is 3.05. The highest BCUT2D eigenvalue weighted by Crippen LogP contribution is 2.28. The average Bonchev–Trinajstić information content (AvgIpc) is 3.08. The van der Waals surface area contributed by atoms with Crippen LogP contribution < -0.4 is 10.1 Å². The van der Waals surface area contributed by atoms with Crippen molar-refractivity contribution in [2.24, 2.45) is 0 Å². The molecule has 4 nitrogen and oxygen atoms in total. The number of hydrogen-bond donors (Lipinski definition) is 1. The molecule has 27 heavy (non-hydrogen) atoms. The van der Waals surface area contributed by atoms with Crippen molar-refractivity contribution >= 4 is 40.3 Å². The summed E-state index contributed by atoms with van der Waals surface area (Å²) in [5.41, 5.74) is 2.93. The molecule has 1 aromatic heterocycles. The molecule has 1 aliphatic rings. The molecule has 1 aromatic carbocycles. The number of pyridine rings is 1. The fraction of sp³-hybridized carbons (Fsp3) is 0.238. The summed E-state index contributed by atoms with van der Waals surface area (Å²) in [7, 11) is 0. The number of hydrogen-bond acceptors (Lipinski definition) is 5. The zero-order valence-electron chi connectivity index (χ0n) is 15.2. The van der Waals surface area contributed by atoms with Crippen LogP contribution in [0.5, 0.6) is 5.75 Å². The number of terminal acetylenes is 1. The van der Waals surface area contributed by atoms with Gasteiger partial charge in [0, 0.05) is 23.7 Å². The number of allylic oxidation sites excluding steroid dienone is 1. The van der Waals surface area contributed by atoms with Gasteiger partial charge in [-0.25, -0.2) is 0 Å². The Labute approximate surface area is 167 Å². The van der Waals surface area contributed by atoms with Crippen LogP contribution in [-0.4, -0.2) is 34.4 Å². The van der Waals surface area contributed by atoms with Crippen molar-refractivity contribution in [3.63, 3.8) is 0 Å². The molecule has 0 fully saturated rings. The van der Waals surface area contributed by atoms with E-state index in [1.165, 1.54) is 11.8 Å². The summed E-state index contributed by atoms with van der Waals surface area (Å²) in [6.45, 7) is 6.47. The van der Waals surface area contributed by atoms with Crippen molar-refractivity contribution in [1.29, 1.82) is 0 Å². The number of fused-ring (bicyclic) bond motifs is 1. The summed E-state index contributed by atoms with van der Waals surface area (Å²) in [6.07, 6.45) is 11.0. The maximum Gasteiger partial charge on any atom is 0.271 e. The summed E-state index contributed by atoms with van der Waals surface area (Å²) < 4.78 is 5.96. The molecule has 0 radical (unpaired) electrons. The number of carbonyl (C=O) groups is 1. The van der Waals surface area contributed by atoms with Gasteiger partial charge in [-0.15, -0.1) is 29.9 Å². The predicted molar refractivity (Wildman–Crippen MR) is 115 cm³/mol. The molecule has 2 heterocycles. The number of carbonyl (C=O) groups excluding carboxylic acids is 1. The van der Waals surface area contributed by atoms with Gasteiger partial charge in [0.2, 0.25) is 5.44 Å². The molecule has 138 valence electrons. The number of nitrogens with zero attached hydrogens (tertiary/aromatic N) is 1. The number of aromatic nitrogens is 1. The highest BCUT2D eigenvalue weighted by molar-refractivity contribution is 8.03. The second-order valence-corrected chi connectivity index (χ2v) is 8.13. The maximum atomic E-state index is 12.5. The van der Waals surface area contributed by atoms with Gasteiger partial charge in [0.05, 0.1) is 10.8 Å². The van der Waals surface area contributed by atoms with E-state index in [0.29, 0.717) is 17.9 Å². The van der Waals surface area contributed by atoms with Crippen LogP contribution in [0.2, 0.25) is 0 Å². The van der Waals surface area contributed by atoms with Gasteiger partial charge in [0.25, 0.3) is 5.91 Å². The second-order valence-electron chi connectivity index (χ2n) is 6.11. The van der Waals surface area contributed by atoms with Crippen molar-refractivity contribution in [2.75, 3.05) is 12.8 Å². The zero-order valence-corrected chi connectivity index (χ0v) is 16.8. The Hall–Kier alpha value is -2.36. The molecule has 0 saturated heterocycles. The topological polar surface area (TPSA) is 51.2 Å². The smallest absolute Gasteiger partial charge is 0.271 e. The lowest BCUT2D eigenvalue weighted by atomic mass is 10.1. The van der Waals surface area contributed by atoms with Crippen LogP contribution in [0, 0.1) is 19.3 Å². The minimum Gasteiger partial charge on any atom is -0.470 e. The van der Waals surface area contributed by atoms with E-state index in [-0.39, 0.29) is 11.2 Å². The lowest BCUT2D eigenvalue weighted by Gasteiger charge is -2.19. The number of amides is 1. The normalized spacial score (nSPS) is 16.9. The van der Waals surface area contributed by atoms with Crippen LogP contribution in [-0.2, 0) is 4.79 Å². The first kappa shape index (κ1) is 19.4. The van der Waals surface area contributed by atoms with Gasteiger partial charge in [-0.3, -0.25) is 9.78 Å². The van der Waals surface area contributed by atoms with Crippen LogP contribution in [0.4, 0.5) is 0 Å².